The number of hydrogen-bond acceptors (Lipinski definition) is 9. The lowest BCUT2D eigenvalue weighted by Crippen LogP contribution is -2.53. The van der Waals surface area contributed by atoms with E-state index in [-0.39, 0.29) is 23.2 Å². The summed E-state index contributed by atoms with van der Waals surface area (Å²) in [5.41, 5.74) is 5.04. The van der Waals surface area contributed by atoms with Crippen molar-refractivity contribution in [2.75, 3.05) is 36.0 Å². The Hall–Kier alpha value is -5.21. The monoisotopic (exact) mass is 697 g/mol. The summed E-state index contributed by atoms with van der Waals surface area (Å²) in [6.45, 7) is 3.85. The Balaban J connectivity index is 0.908. The first-order chi connectivity index (χ1) is 24.1. The number of nitrogens with one attached hydrogen (secondary N) is 1. The molecule has 10 nitrogen and oxygen atoms in total. The number of carbonyl (C=O) groups is 3. The predicted molar refractivity (Wildman–Crippen MR) is 182 cm³/mol. The summed E-state index contributed by atoms with van der Waals surface area (Å²) < 4.78 is 39.0. The highest BCUT2D eigenvalue weighted by Gasteiger charge is 2.41. The van der Waals surface area contributed by atoms with Gasteiger partial charge in [0.05, 0.1) is 5.69 Å². The lowest BCUT2D eigenvalue weighted by molar-refractivity contribution is -0.138. The summed E-state index contributed by atoms with van der Waals surface area (Å²) in [6.07, 6.45) is -3.37. The SMILES string of the molecule is O=C1CCC(N2C(=O)c3cccc4c(Cc5ccc(CN6CCN(c7cccc(-c8nnc(C(F)(F)F)s8)n7)CC6)cc5)ccc2c34)C(=O)N1. The van der Waals surface area contributed by atoms with Crippen LogP contribution in [0.4, 0.5) is 24.7 Å². The zero-order valence-electron chi connectivity index (χ0n) is 26.6. The number of alkyl halides is 3. The quantitative estimate of drug-likeness (QED) is 0.224. The summed E-state index contributed by atoms with van der Waals surface area (Å²) in [7, 11) is 0. The average Bonchev–Trinajstić information content (AvgIpc) is 3.72. The summed E-state index contributed by atoms with van der Waals surface area (Å²) in [4.78, 5) is 48.5. The first-order valence-corrected chi connectivity index (χ1v) is 17.1. The first-order valence-electron chi connectivity index (χ1n) is 16.3. The molecule has 14 heteroatoms. The molecular weight excluding hydrogens is 668 g/mol. The van der Waals surface area contributed by atoms with Crippen LogP contribution in [0.1, 0.15) is 44.9 Å². The Morgan fingerprint density at radius 1 is 0.860 bits per heavy atom. The van der Waals surface area contributed by atoms with Crippen molar-refractivity contribution in [2.45, 2.75) is 38.0 Å². The van der Waals surface area contributed by atoms with E-state index in [4.69, 9.17) is 0 Å². The molecule has 0 spiro atoms. The minimum Gasteiger partial charge on any atom is -0.354 e. The molecule has 5 heterocycles. The Morgan fingerprint density at radius 3 is 2.36 bits per heavy atom. The summed E-state index contributed by atoms with van der Waals surface area (Å²) in [5.74, 6) is -0.277. The standard InChI is InChI=1S/C36H30F3N7O3S/c37-36(38,39)35-43-42-33(50-35)26-5-2-6-29(40-26)45-17-15-44(16-18-45)20-22-9-7-21(8-10-22)19-23-11-12-27-31-24(23)3-1-4-25(31)34(49)46(27)28-13-14-30(47)41-32(28)48/h1-12,28H,13-20H2,(H,41,47,48). The van der Waals surface area contributed by atoms with Crippen LogP contribution in [-0.2, 0) is 28.7 Å². The second kappa shape index (κ2) is 12.6. The first kappa shape index (κ1) is 32.0. The summed E-state index contributed by atoms with van der Waals surface area (Å²) >= 11 is 0.489. The number of rotatable bonds is 7. The van der Waals surface area contributed by atoms with E-state index < -0.39 is 23.1 Å². The van der Waals surface area contributed by atoms with Crippen LogP contribution < -0.4 is 15.1 Å². The molecule has 1 atom stereocenters. The largest absolute Gasteiger partial charge is 0.445 e. The zero-order chi connectivity index (χ0) is 34.6. The van der Waals surface area contributed by atoms with E-state index in [1.54, 1.807) is 23.1 Å². The second-order valence-corrected chi connectivity index (χ2v) is 13.6. The number of piperazine rings is 1. The molecule has 3 aliphatic rings. The minimum atomic E-state index is -4.53. The number of aromatic nitrogens is 3. The number of carbonyl (C=O) groups excluding carboxylic acids is 3. The molecule has 0 saturated carbocycles. The number of imide groups is 1. The van der Waals surface area contributed by atoms with Crippen LogP contribution in [0.3, 0.4) is 0 Å². The molecule has 1 unspecified atom stereocenters. The lowest BCUT2D eigenvalue weighted by atomic mass is 9.95. The Morgan fingerprint density at radius 2 is 1.62 bits per heavy atom. The lowest BCUT2D eigenvalue weighted by Gasteiger charge is -2.35. The molecule has 8 rings (SSSR count). The summed E-state index contributed by atoms with van der Waals surface area (Å²) in [6, 6.07) is 22.7. The maximum atomic E-state index is 13.5. The van der Waals surface area contributed by atoms with Crippen molar-refractivity contribution in [3.63, 3.8) is 0 Å². The molecule has 2 saturated heterocycles. The van der Waals surface area contributed by atoms with Gasteiger partial charge in [-0.25, -0.2) is 4.98 Å². The number of piperidine rings is 1. The third-order valence-electron chi connectivity index (χ3n) is 9.48. The molecule has 3 aliphatic heterocycles. The fourth-order valence-electron chi connectivity index (χ4n) is 6.99. The maximum absolute atomic E-state index is 13.5. The van der Waals surface area contributed by atoms with Gasteiger partial charge >= 0.3 is 6.18 Å². The van der Waals surface area contributed by atoms with E-state index in [1.807, 2.05) is 30.3 Å². The molecule has 0 radical (unpaired) electrons. The van der Waals surface area contributed by atoms with Gasteiger partial charge in [-0.15, -0.1) is 10.2 Å². The van der Waals surface area contributed by atoms with Crippen LogP contribution in [-0.4, -0.2) is 70.0 Å². The Labute approximate surface area is 288 Å². The van der Waals surface area contributed by atoms with E-state index in [1.165, 1.54) is 5.56 Å². The van der Waals surface area contributed by atoms with E-state index in [0.29, 0.717) is 46.9 Å². The number of anilines is 2. The number of benzene rings is 3. The molecule has 3 amide bonds. The van der Waals surface area contributed by atoms with Gasteiger partial charge in [-0.05, 0) is 59.2 Å². The number of pyridine rings is 1. The topological polar surface area (TPSA) is 112 Å². The van der Waals surface area contributed by atoms with E-state index in [2.05, 4.69) is 54.6 Å². The van der Waals surface area contributed by atoms with Gasteiger partial charge in [0.25, 0.3) is 5.91 Å². The second-order valence-electron chi connectivity index (χ2n) is 12.7. The smallest absolute Gasteiger partial charge is 0.354 e. The Kier molecular flexibility index (Phi) is 8.07. The highest BCUT2D eigenvalue weighted by molar-refractivity contribution is 7.14. The maximum Gasteiger partial charge on any atom is 0.445 e. The molecule has 3 aromatic carbocycles. The van der Waals surface area contributed by atoms with Crippen LogP contribution in [0.15, 0.2) is 72.8 Å². The van der Waals surface area contributed by atoms with Crippen molar-refractivity contribution in [1.29, 1.82) is 0 Å². The van der Waals surface area contributed by atoms with Gasteiger partial charge in [-0.1, -0.05) is 59.9 Å². The fraction of sp³-hybridized carbons (Fsp3) is 0.278. The summed E-state index contributed by atoms with van der Waals surface area (Å²) in [5, 5.41) is 10.3. The predicted octanol–water partition coefficient (Wildman–Crippen LogP) is 5.45. The van der Waals surface area contributed by atoms with Gasteiger partial charge in [0, 0.05) is 50.1 Å². The van der Waals surface area contributed by atoms with Crippen LogP contribution in [0.2, 0.25) is 0 Å². The van der Waals surface area contributed by atoms with Gasteiger partial charge in [0.15, 0.2) is 5.01 Å². The van der Waals surface area contributed by atoms with Crippen molar-refractivity contribution in [3.8, 4) is 10.7 Å². The number of nitrogens with zero attached hydrogens (tertiary/aromatic N) is 6. The molecule has 50 heavy (non-hydrogen) atoms. The third kappa shape index (κ3) is 5.98. The van der Waals surface area contributed by atoms with Crippen molar-refractivity contribution >= 4 is 51.3 Å². The van der Waals surface area contributed by atoms with Crippen LogP contribution in [0.25, 0.3) is 21.5 Å². The molecule has 0 bridgehead atoms. The van der Waals surface area contributed by atoms with Crippen molar-refractivity contribution in [1.82, 2.24) is 25.4 Å². The molecule has 2 aromatic heterocycles. The molecule has 0 aliphatic carbocycles. The minimum absolute atomic E-state index is 0.140. The van der Waals surface area contributed by atoms with Crippen LogP contribution in [0.5, 0.6) is 0 Å². The molecule has 1 N–H and O–H groups in total. The van der Waals surface area contributed by atoms with Gasteiger partial charge in [-0.2, -0.15) is 13.2 Å². The van der Waals surface area contributed by atoms with E-state index >= 15 is 0 Å². The van der Waals surface area contributed by atoms with Crippen molar-refractivity contribution < 1.29 is 27.6 Å². The normalized spacial score (nSPS) is 18.3. The van der Waals surface area contributed by atoms with Crippen molar-refractivity contribution in [2.24, 2.45) is 0 Å². The molecule has 254 valence electrons. The average molecular weight is 698 g/mol. The number of amides is 3. The Bertz CT molecular complexity index is 2150. The molecule has 5 aromatic rings. The third-order valence-corrected chi connectivity index (χ3v) is 10.5. The fourth-order valence-corrected chi connectivity index (χ4v) is 7.67. The van der Waals surface area contributed by atoms with Gasteiger partial charge < -0.3 is 4.90 Å². The highest BCUT2D eigenvalue weighted by atomic mass is 32.1. The van der Waals surface area contributed by atoms with Gasteiger partial charge in [0.1, 0.15) is 17.6 Å². The van der Waals surface area contributed by atoms with E-state index in [0.717, 1.165) is 54.6 Å². The van der Waals surface area contributed by atoms with E-state index in [9.17, 15) is 27.6 Å². The van der Waals surface area contributed by atoms with Gasteiger partial charge in [0.2, 0.25) is 16.8 Å². The number of halogens is 3. The molecule has 2 fully saturated rings. The van der Waals surface area contributed by atoms with Crippen LogP contribution in [0, 0.1) is 0 Å². The van der Waals surface area contributed by atoms with Crippen molar-refractivity contribution in [3.05, 3.63) is 100 Å². The van der Waals surface area contributed by atoms with Crippen LogP contribution >= 0.6 is 11.3 Å². The highest BCUT2D eigenvalue weighted by Crippen LogP contribution is 2.41. The van der Waals surface area contributed by atoms with Gasteiger partial charge in [-0.3, -0.25) is 29.5 Å². The number of hydrogen-bond donors (Lipinski definition) is 1. The zero-order valence-corrected chi connectivity index (χ0v) is 27.4. The molecular formula is C36H30F3N7O3S.